The van der Waals surface area contributed by atoms with Crippen LogP contribution in [0.15, 0.2) is 54.6 Å². The highest BCUT2D eigenvalue weighted by atomic mass is 32.2. The highest BCUT2D eigenvalue weighted by molar-refractivity contribution is 7.91. The summed E-state index contributed by atoms with van der Waals surface area (Å²) in [5.41, 5.74) is -5.70. The predicted octanol–water partition coefficient (Wildman–Crippen LogP) is 6.14. The number of methoxy groups -OCH3 is 1. The zero-order valence-corrected chi connectivity index (χ0v) is 18.9. The summed E-state index contributed by atoms with van der Waals surface area (Å²) in [7, 11) is -4.92. The maximum Gasteiger partial charge on any atom is 0.517 e. The monoisotopic (exact) mass is 506 g/mol. The molecule has 4 aromatic rings. The number of nitrogens with zero attached hydrogens (tertiary/aromatic N) is 2. The summed E-state index contributed by atoms with van der Waals surface area (Å²) < 4.78 is 99.9. The molecule has 0 aliphatic rings. The van der Waals surface area contributed by atoms with Gasteiger partial charge in [-0.05, 0) is 53.9 Å². The van der Waals surface area contributed by atoms with Crippen molar-refractivity contribution in [3.05, 3.63) is 77.4 Å². The van der Waals surface area contributed by atoms with Gasteiger partial charge in [0, 0.05) is 17.5 Å². The Labute approximate surface area is 196 Å². The van der Waals surface area contributed by atoms with E-state index < -0.39 is 43.9 Å². The van der Waals surface area contributed by atoms with Crippen molar-refractivity contribution in [2.45, 2.75) is 12.4 Å². The second kappa shape index (κ2) is 8.39. The van der Waals surface area contributed by atoms with E-state index in [1.807, 2.05) is 6.07 Å². The summed E-state index contributed by atoms with van der Waals surface area (Å²) in [5.74, 6) is -2.83. The third-order valence-electron chi connectivity index (χ3n) is 5.46. The van der Waals surface area contributed by atoms with E-state index in [2.05, 4.69) is 0 Å². The lowest BCUT2D eigenvalue weighted by molar-refractivity contribution is -0.0444. The first-order valence-corrected chi connectivity index (χ1v) is 11.3. The fourth-order valence-corrected chi connectivity index (χ4v) is 4.90. The molecule has 0 radical (unpaired) electrons. The lowest BCUT2D eigenvalue weighted by Gasteiger charge is -2.15. The van der Waals surface area contributed by atoms with Crippen LogP contribution in [0.2, 0.25) is 0 Å². The molecule has 0 fully saturated rings. The van der Waals surface area contributed by atoms with Gasteiger partial charge in [0.25, 0.3) is 0 Å². The molecule has 0 amide bonds. The molecule has 0 aliphatic heterocycles. The highest BCUT2D eigenvalue weighted by Gasteiger charge is 2.49. The Morgan fingerprint density at radius 3 is 2.17 bits per heavy atom. The lowest BCUT2D eigenvalue weighted by atomic mass is 9.98. The SMILES string of the molecule is COc1cc(F)c(-c2cc3cc(-c4ccc(C#N)cc4C)ccc3n2S(=O)(=O)C(F)(F)F)c(F)c1. The number of aryl methyl sites for hydroxylation is 1. The van der Waals surface area contributed by atoms with Crippen molar-refractivity contribution in [3.8, 4) is 34.2 Å². The minimum Gasteiger partial charge on any atom is -0.497 e. The van der Waals surface area contributed by atoms with E-state index in [0.717, 1.165) is 31.4 Å². The smallest absolute Gasteiger partial charge is 0.497 e. The number of hydrogen-bond acceptors (Lipinski definition) is 4. The number of rotatable bonds is 4. The van der Waals surface area contributed by atoms with E-state index in [4.69, 9.17) is 10.00 Å². The molecule has 0 spiro atoms. The number of benzene rings is 3. The van der Waals surface area contributed by atoms with E-state index in [9.17, 15) is 30.4 Å². The van der Waals surface area contributed by atoms with Crippen LogP contribution in [0.3, 0.4) is 0 Å². The van der Waals surface area contributed by atoms with E-state index in [1.165, 1.54) is 12.1 Å². The van der Waals surface area contributed by atoms with Crippen molar-refractivity contribution < 1.29 is 35.1 Å². The number of ether oxygens (including phenoxy) is 1. The van der Waals surface area contributed by atoms with Gasteiger partial charge in [0.2, 0.25) is 0 Å². The van der Waals surface area contributed by atoms with Crippen LogP contribution in [-0.2, 0) is 10.0 Å². The molecular weight excluding hydrogens is 491 g/mol. The summed E-state index contributed by atoms with van der Waals surface area (Å²) in [6.07, 6.45) is 0. The van der Waals surface area contributed by atoms with E-state index in [-0.39, 0.29) is 15.1 Å². The van der Waals surface area contributed by atoms with Crippen LogP contribution in [0.5, 0.6) is 5.75 Å². The fraction of sp³-hybridized carbons (Fsp3) is 0.125. The second-order valence-corrected chi connectivity index (χ2v) is 9.40. The topological polar surface area (TPSA) is 72.1 Å². The molecule has 0 N–H and O–H groups in total. The average Bonchev–Trinajstić information content (AvgIpc) is 3.16. The third-order valence-corrected chi connectivity index (χ3v) is 6.92. The number of alkyl halides is 3. The van der Waals surface area contributed by atoms with Crippen molar-refractivity contribution >= 4 is 20.9 Å². The minimum absolute atomic E-state index is 0.00343. The molecule has 4 rings (SSSR count). The number of fused-ring (bicyclic) bond motifs is 1. The Bertz CT molecular complexity index is 1610. The molecule has 5 nitrogen and oxygen atoms in total. The maximum atomic E-state index is 14.8. The number of halogens is 5. The quantitative estimate of drug-likeness (QED) is 0.312. The Hall–Kier alpha value is -3.91. The molecule has 180 valence electrons. The molecule has 0 saturated heterocycles. The second-order valence-electron chi connectivity index (χ2n) is 7.63. The fourth-order valence-electron chi connectivity index (χ4n) is 3.86. The first kappa shape index (κ1) is 24.2. The summed E-state index contributed by atoms with van der Waals surface area (Å²) in [5, 5.41) is 9.06. The molecule has 0 atom stereocenters. The average molecular weight is 506 g/mol. The third kappa shape index (κ3) is 4.00. The van der Waals surface area contributed by atoms with E-state index >= 15 is 0 Å². The zero-order valence-electron chi connectivity index (χ0n) is 18.1. The highest BCUT2D eigenvalue weighted by Crippen LogP contribution is 2.40. The van der Waals surface area contributed by atoms with Crippen LogP contribution in [0, 0.1) is 29.9 Å². The number of nitriles is 1. The molecule has 3 aromatic carbocycles. The molecule has 0 saturated carbocycles. The van der Waals surface area contributed by atoms with Crippen LogP contribution in [0.4, 0.5) is 22.0 Å². The van der Waals surface area contributed by atoms with Gasteiger partial charge in [-0.2, -0.15) is 26.9 Å². The van der Waals surface area contributed by atoms with Crippen LogP contribution < -0.4 is 4.74 Å². The Kier molecular flexibility index (Phi) is 5.81. The van der Waals surface area contributed by atoms with E-state index in [1.54, 1.807) is 25.1 Å². The molecule has 1 aromatic heterocycles. The Morgan fingerprint density at radius 2 is 1.63 bits per heavy atom. The van der Waals surface area contributed by atoms with Gasteiger partial charge >= 0.3 is 15.5 Å². The first-order valence-electron chi connectivity index (χ1n) is 9.91. The number of hydrogen-bond donors (Lipinski definition) is 0. The minimum atomic E-state index is -6.07. The Morgan fingerprint density at radius 1 is 0.971 bits per heavy atom. The normalized spacial score (nSPS) is 12.1. The van der Waals surface area contributed by atoms with Gasteiger partial charge in [0.05, 0.1) is 35.5 Å². The van der Waals surface area contributed by atoms with Crippen molar-refractivity contribution in [2.24, 2.45) is 0 Å². The predicted molar refractivity (Wildman–Crippen MR) is 119 cm³/mol. The lowest BCUT2D eigenvalue weighted by Crippen LogP contribution is -2.30. The van der Waals surface area contributed by atoms with Crippen LogP contribution >= 0.6 is 0 Å². The van der Waals surface area contributed by atoms with Gasteiger partial charge < -0.3 is 4.74 Å². The largest absolute Gasteiger partial charge is 0.517 e. The molecule has 1 heterocycles. The van der Waals surface area contributed by atoms with Crippen LogP contribution in [0.1, 0.15) is 11.1 Å². The standard InChI is InChI=1S/C24H15F5N2O3S/c1-13-7-14(12-30)3-5-18(13)15-4-6-21-16(8-15)9-22(31(21)35(32,33)24(27,28)29)23-19(25)10-17(34-2)11-20(23)26/h3-11H,1-2H3. The van der Waals surface area contributed by atoms with E-state index in [0.29, 0.717) is 22.3 Å². The summed E-state index contributed by atoms with van der Waals surface area (Å²) in [6, 6.07) is 13.2. The van der Waals surface area contributed by atoms with Gasteiger partial charge in [-0.25, -0.2) is 12.8 Å². The zero-order chi connectivity index (χ0) is 25.7. The van der Waals surface area contributed by atoms with Gasteiger partial charge in [-0.3, -0.25) is 0 Å². The summed E-state index contributed by atoms with van der Waals surface area (Å²) >= 11 is 0. The van der Waals surface area contributed by atoms with Crippen molar-refractivity contribution in [3.63, 3.8) is 0 Å². The van der Waals surface area contributed by atoms with Crippen LogP contribution in [0.25, 0.3) is 33.3 Å². The van der Waals surface area contributed by atoms with Gasteiger partial charge in [-0.15, -0.1) is 0 Å². The van der Waals surface area contributed by atoms with Crippen molar-refractivity contribution in [1.82, 2.24) is 3.97 Å². The molecule has 0 aliphatic carbocycles. The first-order chi connectivity index (χ1) is 16.4. The van der Waals surface area contributed by atoms with Gasteiger partial charge in [0.15, 0.2) is 0 Å². The molecule has 0 unspecified atom stereocenters. The number of aromatic nitrogens is 1. The van der Waals surface area contributed by atoms with Crippen molar-refractivity contribution in [2.75, 3.05) is 7.11 Å². The van der Waals surface area contributed by atoms with Gasteiger partial charge in [-0.1, -0.05) is 12.1 Å². The summed E-state index contributed by atoms with van der Waals surface area (Å²) in [4.78, 5) is 0. The van der Waals surface area contributed by atoms with Crippen molar-refractivity contribution in [1.29, 1.82) is 5.26 Å². The van der Waals surface area contributed by atoms with Gasteiger partial charge in [0.1, 0.15) is 17.4 Å². The molecule has 11 heteroatoms. The molecule has 35 heavy (non-hydrogen) atoms. The van der Waals surface area contributed by atoms with Crippen LogP contribution in [-0.4, -0.2) is 25.0 Å². The summed E-state index contributed by atoms with van der Waals surface area (Å²) in [6.45, 7) is 1.73. The molecular formula is C24H15F5N2O3S. The molecule has 0 bridgehead atoms. The maximum absolute atomic E-state index is 14.8. The Balaban J connectivity index is 2.05.